The maximum atomic E-state index is 12.8. The highest BCUT2D eigenvalue weighted by Crippen LogP contribution is 2.33. The highest BCUT2D eigenvalue weighted by Gasteiger charge is 2.35. The largest absolute Gasteiger partial charge is 0.416 e. The van der Waals surface area contributed by atoms with Crippen molar-refractivity contribution in [2.24, 2.45) is 0 Å². The summed E-state index contributed by atoms with van der Waals surface area (Å²) in [5.41, 5.74) is -1.56. The van der Waals surface area contributed by atoms with Gasteiger partial charge in [-0.25, -0.2) is 0 Å². The zero-order valence-corrected chi connectivity index (χ0v) is 13.0. The van der Waals surface area contributed by atoms with Gasteiger partial charge in [-0.3, -0.25) is 4.79 Å². The minimum atomic E-state index is -4.44. The van der Waals surface area contributed by atoms with Crippen molar-refractivity contribution in [3.63, 3.8) is 0 Å². The van der Waals surface area contributed by atoms with Gasteiger partial charge in [-0.05, 0) is 38.3 Å². The Bertz CT molecular complexity index is 512. The van der Waals surface area contributed by atoms with Gasteiger partial charge in [0.15, 0.2) is 0 Å². The zero-order chi connectivity index (χ0) is 17.0. The second kappa shape index (κ2) is 7.13. The SMILES string of the molecule is CCC(CCO)NC(=O)C(C)(C)c1cccc(C(F)(F)F)c1. The number of carbonyl (C=O) groups is 1. The predicted molar refractivity (Wildman–Crippen MR) is 78.4 cm³/mol. The zero-order valence-electron chi connectivity index (χ0n) is 13.0. The van der Waals surface area contributed by atoms with Crippen LogP contribution >= 0.6 is 0 Å². The van der Waals surface area contributed by atoms with Crippen LogP contribution in [0.2, 0.25) is 0 Å². The number of benzene rings is 1. The Labute approximate surface area is 128 Å². The van der Waals surface area contributed by atoms with E-state index in [1.807, 2.05) is 6.92 Å². The molecule has 0 aliphatic rings. The van der Waals surface area contributed by atoms with Gasteiger partial charge >= 0.3 is 6.18 Å². The lowest BCUT2D eigenvalue weighted by Gasteiger charge is -2.28. The highest BCUT2D eigenvalue weighted by atomic mass is 19.4. The summed E-state index contributed by atoms with van der Waals surface area (Å²) < 4.78 is 38.4. The van der Waals surface area contributed by atoms with E-state index in [9.17, 15) is 18.0 Å². The molecule has 3 nitrogen and oxygen atoms in total. The van der Waals surface area contributed by atoms with Crippen LogP contribution in [-0.2, 0) is 16.4 Å². The van der Waals surface area contributed by atoms with E-state index in [0.717, 1.165) is 12.1 Å². The molecule has 1 aromatic carbocycles. The summed E-state index contributed by atoms with van der Waals surface area (Å²) in [6, 6.07) is 4.62. The fourth-order valence-electron chi connectivity index (χ4n) is 2.12. The second-order valence-corrected chi connectivity index (χ2v) is 5.79. The summed E-state index contributed by atoms with van der Waals surface area (Å²) in [5, 5.41) is 11.7. The number of nitrogens with one attached hydrogen (secondary N) is 1. The lowest BCUT2D eigenvalue weighted by atomic mass is 9.82. The average molecular weight is 317 g/mol. The number of amides is 1. The van der Waals surface area contributed by atoms with Gasteiger partial charge in [0.2, 0.25) is 5.91 Å². The number of carbonyl (C=O) groups excluding carboxylic acids is 1. The van der Waals surface area contributed by atoms with Crippen molar-refractivity contribution in [1.82, 2.24) is 5.32 Å². The van der Waals surface area contributed by atoms with Crippen LogP contribution in [-0.4, -0.2) is 23.7 Å². The maximum Gasteiger partial charge on any atom is 0.416 e. The molecular formula is C16H22F3NO2. The predicted octanol–water partition coefficient (Wildman–Crippen LogP) is 3.26. The Morgan fingerprint density at radius 2 is 1.86 bits per heavy atom. The molecule has 0 fully saturated rings. The summed E-state index contributed by atoms with van der Waals surface area (Å²) in [6.45, 7) is 4.99. The molecule has 1 rings (SSSR count). The molecule has 1 aromatic rings. The van der Waals surface area contributed by atoms with E-state index in [2.05, 4.69) is 5.32 Å². The van der Waals surface area contributed by atoms with E-state index in [0.29, 0.717) is 18.4 Å². The molecule has 0 aromatic heterocycles. The average Bonchev–Trinajstić information content (AvgIpc) is 2.45. The van der Waals surface area contributed by atoms with Crippen molar-refractivity contribution in [1.29, 1.82) is 0 Å². The van der Waals surface area contributed by atoms with Crippen molar-refractivity contribution in [2.75, 3.05) is 6.61 Å². The van der Waals surface area contributed by atoms with Gasteiger partial charge in [-0.15, -0.1) is 0 Å². The minimum absolute atomic E-state index is 0.0528. The van der Waals surface area contributed by atoms with E-state index in [-0.39, 0.29) is 18.6 Å². The molecule has 1 unspecified atom stereocenters. The fraction of sp³-hybridized carbons (Fsp3) is 0.562. The van der Waals surface area contributed by atoms with Crippen LogP contribution in [0.1, 0.15) is 44.7 Å². The van der Waals surface area contributed by atoms with Crippen molar-refractivity contribution in [3.05, 3.63) is 35.4 Å². The first-order chi connectivity index (χ1) is 10.1. The van der Waals surface area contributed by atoms with Crippen LogP contribution in [0, 0.1) is 0 Å². The van der Waals surface area contributed by atoms with Crippen molar-refractivity contribution < 1.29 is 23.1 Å². The van der Waals surface area contributed by atoms with Crippen LogP contribution in [0.25, 0.3) is 0 Å². The van der Waals surface area contributed by atoms with E-state index in [1.165, 1.54) is 12.1 Å². The lowest BCUT2D eigenvalue weighted by Crippen LogP contribution is -2.45. The van der Waals surface area contributed by atoms with E-state index in [4.69, 9.17) is 5.11 Å². The monoisotopic (exact) mass is 317 g/mol. The number of hydrogen-bond acceptors (Lipinski definition) is 2. The van der Waals surface area contributed by atoms with E-state index in [1.54, 1.807) is 13.8 Å². The Kier molecular flexibility index (Phi) is 6.00. The Balaban J connectivity index is 3.00. The molecule has 0 bridgehead atoms. The quantitative estimate of drug-likeness (QED) is 0.846. The fourth-order valence-corrected chi connectivity index (χ4v) is 2.12. The molecule has 0 saturated heterocycles. The molecule has 0 heterocycles. The highest BCUT2D eigenvalue weighted by molar-refractivity contribution is 5.87. The van der Waals surface area contributed by atoms with Crippen molar-refractivity contribution >= 4 is 5.91 Å². The third kappa shape index (κ3) is 4.47. The van der Waals surface area contributed by atoms with Gasteiger partial charge in [0.25, 0.3) is 0 Å². The van der Waals surface area contributed by atoms with Gasteiger partial charge in [-0.2, -0.15) is 13.2 Å². The normalized spacial score (nSPS) is 13.8. The van der Waals surface area contributed by atoms with Gasteiger partial charge in [0, 0.05) is 12.6 Å². The van der Waals surface area contributed by atoms with Crippen LogP contribution in [0.5, 0.6) is 0 Å². The topological polar surface area (TPSA) is 49.3 Å². The van der Waals surface area contributed by atoms with Gasteiger partial charge in [0.1, 0.15) is 0 Å². The van der Waals surface area contributed by atoms with Crippen LogP contribution in [0.15, 0.2) is 24.3 Å². The van der Waals surface area contributed by atoms with Crippen molar-refractivity contribution in [3.8, 4) is 0 Å². The summed E-state index contributed by atoms with van der Waals surface area (Å²) in [7, 11) is 0. The molecule has 1 amide bonds. The molecule has 0 radical (unpaired) electrons. The Hall–Kier alpha value is -1.56. The van der Waals surface area contributed by atoms with Gasteiger partial charge in [-0.1, -0.05) is 25.1 Å². The third-order valence-corrected chi connectivity index (χ3v) is 3.78. The number of aliphatic hydroxyl groups excluding tert-OH is 1. The lowest BCUT2D eigenvalue weighted by molar-refractivity contribution is -0.138. The number of halogens is 3. The summed E-state index contributed by atoms with van der Waals surface area (Å²) in [6.07, 6.45) is -3.38. The van der Waals surface area contributed by atoms with Crippen LogP contribution in [0.4, 0.5) is 13.2 Å². The summed E-state index contributed by atoms with van der Waals surface area (Å²) >= 11 is 0. The van der Waals surface area contributed by atoms with E-state index >= 15 is 0 Å². The van der Waals surface area contributed by atoms with Crippen molar-refractivity contribution in [2.45, 2.75) is 51.2 Å². The molecular weight excluding hydrogens is 295 g/mol. The molecule has 124 valence electrons. The molecule has 1 atom stereocenters. The Morgan fingerprint density at radius 3 is 2.36 bits per heavy atom. The van der Waals surface area contributed by atoms with Crippen LogP contribution in [0.3, 0.4) is 0 Å². The number of rotatable bonds is 6. The smallest absolute Gasteiger partial charge is 0.396 e. The number of hydrogen-bond donors (Lipinski definition) is 2. The molecule has 0 aliphatic carbocycles. The van der Waals surface area contributed by atoms with Gasteiger partial charge in [0.05, 0.1) is 11.0 Å². The molecule has 22 heavy (non-hydrogen) atoms. The van der Waals surface area contributed by atoms with Gasteiger partial charge < -0.3 is 10.4 Å². The molecule has 0 spiro atoms. The molecule has 2 N–H and O–H groups in total. The summed E-state index contributed by atoms with van der Waals surface area (Å²) in [5.74, 6) is -0.355. The second-order valence-electron chi connectivity index (χ2n) is 5.79. The minimum Gasteiger partial charge on any atom is -0.396 e. The van der Waals surface area contributed by atoms with E-state index < -0.39 is 17.2 Å². The standard InChI is InChI=1S/C16H22F3NO2/c1-4-13(8-9-21)20-14(22)15(2,3)11-6-5-7-12(10-11)16(17,18)19/h5-7,10,13,21H,4,8-9H2,1-3H3,(H,20,22). The van der Waals surface area contributed by atoms with Crippen LogP contribution < -0.4 is 5.32 Å². The first-order valence-electron chi connectivity index (χ1n) is 7.22. The number of aliphatic hydroxyl groups is 1. The molecule has 6 heteroatoms. The summed E-state index contributed by atoms with van der Waals surface area (Å²) in [4.78, 5) is 12.4. The maximum absolute atomic E-state index is 12.8. The first kappa shape index (κ1) is 18.5. The Morgan fingerprint density at radius 1 is 1.27 bits per heavy atom. The number of alkyl halides is 3. The first-order valence-corrected chi connectivity index (χ1v) is 7.22. The molecule has 0 aliphatic heterocycles. The third-order valence-electron chi connectivity index (χ3n) is 3.78. The molecule has 0 saturated carbocycles.